The Balaban J connectivity index is 1.46. The number of hydrogen-bond acceptors (Lipinski definition) is 3. The Bertz CT molecular complexity index is 2810. The van der Waals surface area contributed by atoms with Crippen LogP contribution in [0.25, 0.3) is 60.8 Å². The summed E-state index contributed by atoms with van der Waals surface area (Å²) >= 11 is 0. The molecule has 0 atom stereocenters. The number of rotatable bonds is 6. The third kappa shape index (κ3) is 4.45. The van der Waals surface area contributed by atoms with Gasteiger partial charge in [0.1, 0.15) is 17.0 Å². The first kappa shape index (κ1) is 29.4. The molecule has 0 saturated carbocycles. The molecule has 4 aromatic heterocycles. The summed E-state index contributed by atoms with van der Waals surface area (Å²) in [6.07, 6.45) is 3.74. The van der Waals surface area contributed by atoms with E-state index in [9.17, 15) is 0 Å². The van der Waals surface area contributed by atoms with Crippen LogP contribution in [0.2, 0.25) is 0 Å². The monoisotopic (exact) mass is 669 g/mol. The second-order valence-electron chi connectivity index (χ2n) is 12.9. The number of aromatic nitrogens is 3. The zero-order chi connectivity index (χ0) is 33.8. The minimum atomic E-state index is -3.12. The highest BCUT2D eigenvalue weighted by Gasteiger charge is 2.44. The number of para-hydroxylation sites is 2. The quantitative estimate of drug-likeness (QED) is 0.132. The van der Waals surface area contributed by atoms with Crippen LogP contribution in [0.4, 0.5) is 0 Å². The van der Waals surface area contributed by atoms with Crippen LogP contribution in [0.5, 0.6) is 0 Å². The molecule has 0 radical (unpaired) electrons. The van der Waals surface area contributed by atoms with Crippen molar-refractivity contribution in [2.75, 3.05) is 0 Å². The summed E-state index contributed by atoms with van der Waals surface area (Å²) in [6, 6.07) is 63.1. The molecule has 0 amide bonds. The summed E-state index contributed by atoms with van der Waals surface area (Å²) in [6.45, 7) is 0. The maximum Gasteiger partial charge on any atom is 0.180 e. The molecule has 10 rings (SSSR count). The molecule has 6 aromatic carbocycles. The normalized spacial score (nSPS) is 11.9. The molecule has 51 heavy (non-hydrogen) atoms. The van der Waals surface area contributed by atoms with E-state index >= 15 is 0 Å². The lowest BCUT2D eigenvalue weighted by atomic mass is 10.1. The van der Waals surface area contributed by atoms with Crippen LogP contribution >= 0.6 is 0 Å². The van der Waals surface area contributed by atoms with Crippen molar-refractivity contribution in [2.45, 2.75) is 0 Å². The highest BCUT2D eigenvalue weighted by Crippen LogP contribution is 2.40. The summed E-state index contributed by atoms with van der Waals surface area (Å²) in [5.74, 6) is 0.869. The highest BCUT2D eigenvalue weighted by molar-refractivity contribution is 7.21. The first-order chi connectivity index (χ1) is 25.3. The van der Waals surface area contributed by atoms with Crippen molar-refractivity contribution < 1.29 is 4.42 Å². The van der Waals surface area contributed by atoms with E-state index in [4.69, 9.17) is 14.4 Å². The molecule has 240 valence electrons. The van der Waals surface area contributed by atoms with Crippen LogP contribution in [0, 0.1) is 0 Å². The molecule has 4 heterocycles. The van der Waals surface area contributed by atoms with E-state index in [1.165, 1.54) is 20.7 Å². The Morgan fingerprint density at radius 2 is 1.12 bits per heavy atom. The Morgan fingerprint density at radius 1 is 0.471 bits per heavy atom. The number of fused-ring (bicyclic) bond motifs is 7. The molecule has 0 bridgehead atoms. The number of furan rings is 1. The van der Waals surface area contributed by atoms with E-state index in [2.05, 4.69) is 168 Å². The van der Waals surface area contributed by atoms with Crippen molar-refractivity contribution in [1.29, 1.82) is 0 Å². The van der Waals surface area contributed by atoms with Gasteiger partial charge in [0.15, 0.2) is 8.07 Å². The third-order valence-electron chi connectivity index (χ3n) is 10.2. The van der Waals surface area contributed by atoms with Gasteiger partial charge in [-0.2, -0.15) is 0 Å². The predicted molar refractivity (Wildman–Crippen MR) is 213 cm³/mol. The van der Waals surface area contributed by atoms with Crippen molar-refractivity contribution in [2.24, 2.45) is 0 Å². The van der Waals surface area contributed by atoms with Gasteiger partial charge in [0.25, 0.3) is 0 Å². The minimum Gasteiger partial charge on any atom is -0.455 e. The SMILES string of the molecule is c1ccc([Si](c2ccccc2)(c2cccc(-c3ccccn3)c2)c2cc3c(c4ccccc4n3-c3ccccn3)c3oc4ccccc4c23)cc1. The van der Waals surface area contributed by atoms with Gasteiger partial charge in [-0.1, -0.05) is 133 Å². The summed E-state index contributed by atoms with van der Waals surface area (Å²) < 4.78 is 9.34. The molecule has 0 aliphatic heterocycles. The molecule has 10 aromatic rings. The van der Waals surface area contributed by atoms with Gasteiger partial charge in [0, 0.05) is 34.1 Å². The molecule has 4 nitrogen and oxygen atoms in total. The molecule has 0 spiro atoms. The molecule has 0 fully saturated rings. The zero-order valence-corrected chi connectivity index (χ0v) is 28.6. The van der Waals surface area contributed by atoms with Crippen molar-refractivity contribution in [3.63, 3.8) is 0 Å². The topological polar surface area (TPSA) is 43.9 Å². The van der Waals surface area contributed by atoms with E-state index in [-0.39, 0.29) is 0 Å². The van der Waals surface area contributed by atoms with E-state index in [1.54, 1.807) is 0 Å². The Labute approximate surface area is 295 Å². The highest BCUT2D eigenvalue weighted by atomic mass is 28.3. The van der Waals surface area contributed by atoms with Gasteiger partial charge in [-0.15, -0.1) is 0 Å². The molecule has 0 saturated heterocycles. The van der Waals surface area contributed by atoms with Gasteiger partial charge in [-0.05, 0) is 63.2 Å². The van der Waals surface area contributed by atoms with E-state index in [0.29, 0.717) is 0 Å². The van der Waals surface area contributed by atoms with Gasteiger partial charge in [-0.3, -0.25) is 9.55 Å². The van der Waals surface area contributed by atoms with Gasteiger partial charge in [0.05, 0.1) is 22.1 Å². The number of nitrogens with zero attached hydrogens (tertiary/aromatic N) is 3. The summed E-state index contributed by atoms with van der Waals surface area (Å²) in [5.41, 5.74) is 5.98. The maximum atomic E-state index is 7.04. The third-order valence-corrected chi connectivity index (χ3v) is 15.0. The lowest BCUT2D eigenvalue weighted by Gasteiger charge is -2.35. The molecular weight excluding hydrogens is 639 g/mol. The van der Waals surface area contributed by atoms with Gasteiger partial charge in [-0.25, -0.2) is 4.98 Å². The minimum absolute atomic E-state index is 0.869. The first-order valence-corrected chi connectivity index (χ1v) is 19.2. The molecule has 5 heteroatoms. The smallest absolute Gasteiger partial charge is 0.180 e. The first-order valence-electron chi connectivity index (χ1n) is 17.2. The average molecular weight is 670 g/mol. The lowest BCUT2D eigenvalue weighted by molar-refractivity contribution is 0.673. The summed E-state index contributed by atoms with van der Waals surface area (Å²) in [5, 5.41) is 9.63. The average Bonchev–Trinajstić information content (AvgIpc) is 3.76. The Hall–Kier alpha value is -6.56. The van der Waals surface area contributed by atoms with E-state index in [0.717, 1.165) is 60.8 Å². The molecule has 0 aliphatic carbocycles. The second-order valence-corrected chi connectivity index (χ2v) is 16.7. The second kappa shape index (κ2) is 11.8. The Kier molecular flexibility index (Phi) is 6.79. The van der Waals surface area contributed by atoms with Gasteiger partial charge in [0.2, 0.25) is 0 Å². The maximum absolute atomic E-state index is 7.04. The molecule has 0 unspecified atom stereocenters. The summed E-state index contributed by atoms with van der Waals surface area (Å²) in [4.78, 5) is 9.67. The van der Waals surface area contributed by atoms with Crippen LogP contribution in [-0.4, -0.2) is 22.6 Å². The summed E-state index contributed by atoms with van der Waals surface area (Å²) in [7, 11) is -3.12. The molecule has 0 aliphatic rings. The van der Waals surface area contributed by atoms with Crippen molar-refractivity contribution in [3.8, 4) is 17.1 Å². The van der Waals surface area contributed by atoms with Crippen LogP contribution in [0.1, 0.15) is 0 Å². The van der Waals surface area contributed by atoms with Crippen LogP contribution in [0.15, 0.2) is 193 Å². The molecular formula is C46H31N3OSi. The van der Waals surface area contributed by atoms with Crippen LogP contribution < -0.4 is 20.7 Å². The van der Waals surface area contributed by atoms with Crippen molar-refractivity contribution >= 4 is 72.6 Å². The fourth-order valence-corrected chi connectivity index (χ4v) is 13.2. The van der Waals surface area contributed by atoms with Crippen molar-refractivity contribution in [1.82, 2.24) is 14.5 Å². The fraction of sp³-hybridized carbons (Fsp3) is 0. The van der Waals surface area contributed by atoms with Gasteiger partial charge < -0.3 is 4.42 Å². The van der Waals surface area contributed by atoms with Crippen LogP contribution in [0.3, 0.4) is 0 Å². The largest absolute Gasteiger partial charge is 0.455 e. The Morgan fingerprint density at radius 3 is 1.84 bits per heavy atom. The zero-order valence-electron chi connectivity index (χ0n) is 27.6. The lowest BCUT2D eigenvalue weighted by Crippen LogP contribution is -2.74. The van der Waals surface area contributed by atoms with E-state index < -0.39 is 8.07 Å². The van der Waals surface area contributed by atoms with Crippen molar-refractivity contribution in [3.05, 3.63) is 188 Å². The number of hydrogen-bond donors (Lipinski definition) is 0. The number of pyridine rings is 2. The standard InChI is InChI=1S/C46H31N3OSi/c1-3-17-33(18-4-1)51(34-19-5-2-6-20-34,35-21-15-16-32(30-35)38-24-11-13-28-47-38)42-31-40-44(46-45(42)37-23-8-10-26-41(37)50-46)36-22-7-9-25-39(36)49(40)43-27-12-14-29-48-43/h1-31H. The van der Waals surface area contributed by atoms with Gasteiger partial charge >= 0.3 is 0 Å². The predicted octanol–water partition coefficient (Wildman–Crippen LogP) is 8.52. The fourth-order valence-electron chi connectivity index (χ4n) is 8.15. The van der Waals surface area contributed by atoms with Crippen LogP contribution in [-0.2, 0) is 0 Å². The number of benzene rings is 6. The van der Waals surface area contributed by atoms with E-state index in [1.807, 2.05) is 24.5 Å². The molecule has 0 N–H and O–H groups in total.